The first kappa shape index (κ1) is 16.8. The third kappa shape index (κ3) is 5.29. The summed E-state index contributed by atoms with van der Waals surface area (Å²) < 4.78 is 24.5. The fourth-order valence-electron chi connectivity index (χ4n) is 1.93. The minimum absolute atomic E-state index is 0.128. The third-order valence-electron chi connectivity index (χ3n) is 3.10. The molecule has 2 aromatic carbocycles. The van der Waals surface area contributed by atoms with E-state index in [1.54, 1.807) is 30.3 Å². The lowest BCUT2D eigenvalue weighted by Gasteiger charge is -2.12. The molecule has 0 unspecified atom stereocenters. The maximum atomic E-state index is 13.5. The number of halogens is 1. The van der Waals surface area contributed by atoms with E-state index < -0.39 is 0 Å². The average Bonchev–Trinajstić information content (AvgIpc) is 2.58. The fraction of sp³-hybridized carbons (Fsp3) is 0.278. The fourth-order valence-corrected chi connectivity index (χ4v) is 1.93. The van der Waals surface area contributed by atoms with E-state index in [0.717, 1.165) is 6.42 Å². The maximum Gasteiger partial charge on any atom is 0.258 e. The number of hydrogen-bond donors (Lipinski definition) is 1. The summed E-state index contributed by atoms with van der Waals surface area (Å²) in [5.41, 5.74) is 0.438. The molecule has 23 heavy (non-hydrogen) atoms. The Labute approximate surface area is 135 Å². The molecule has 0 aromatic heterocycles. The predicted octanol–water partition coefficient (Wildman–Crippen LogP) is 3.31. The van der Waals surface area contributed by atoms with Gasteiger partial charge in [0, 0.05) is 12.1 Å². The molecular weight excluding hydrogens is 297 g/mol. The number of carbonyl (C=O) groups excluding carboxylic acids is 1. The van der Waals surface area contributed by atoms with Gasteiger partial charge >= 0.3 is 0 Å². The van der Waals surface area contributed by atoms with Crippen molar-refractivity contribution in [3.63, 3.8) is 0 Å². The van der Waals surface area contributed by atoms with Crippen molar-refractivity contribution in [3.05, 3.63) is 59.9 Å². The predicted molar refractivity (Wildman–Crippen MR) is 86.0 cm³/mol. The van der Waals surface area contributed by atoms with Crippen LogP contribution in [0.2, 0.25) is 0 Å². The van der Waals surface area contributed by atoms with Gasteiger partial charge in [-0.2, -0.15) is 0 Å². The minimum atomic E-state index is -0.341. The summed E-state index contributed by atoms with van der Waals surface area (Å²) in [6.45, 7) is 2.57. The van der Waals surface area contributed by atoms with Gasteiger partial charge in [-0.25, -0.2) is 4.39 Å². The lowest BCUT2D eigenvalue weighted by molar-refractivity contribution is -0.123. The standard InChI is InChI=1S/C18H20FNO3/c1-2-11-22-16-9-5-6-10-17(16)23-13-18(21)20-12-14-7-3-4-8-15(14)19/h3-10H,2,11-13H2,1H3,(H,20,21). The second-order valence-electron chi connectivity index (χ2n) is 4.95. The number of hydrogen-bond acceptors (Lipinski definition) is 3. The molecule has 5 heteroatoms. The van der Waals surface area contributed by atoms with Gasteiger partial charge in [-0.1, -0.05) is 37.3 Å². The summed E-state index contributed by atoms with van der Waals surface area (Å²) in [7, 11) is 0. The van der Waals surface area contributed by atoms with E-state index in [4.69, 9.17) is 9.47 Å². The van der Waals surface area contributed by atoms with E-state index >= 15 is 0 Å². The quantitative estimate of drug-likeness (QED) is 0.812. The summed E-state index contributed by atoms with van der Waals surface area (Å²) in [4.78, 5) is 11.8. The van der Waals surface area contributed by atoms with Crippen molar-refractivity contribution in [2.45, 2.75) is 19.9 Å². The summed E-state index contributed by atoms with van der Waals surface area (Å²) in [5, 5.41) is 2.63. The second kappa shape index (κ2) is 8.78. The maximum absolute atomic E-state index is 13.5. The molecule has 0 saturated carbocycles. The molecule has 0 saturated heterocycles. The highest BCUT2D eigenvalue weighted by molar-refractivity contribution is 5.77. The highest BCUT2D eigenvalue weighted by Crippen LogP contribution is 2.26. The van der Waals surface area contributed by atoms with Crippen LogP contribution in [0.1, 0.15) is 18.9 Å². The van der Waals surface area contributed by atoms with Crippen LogP contribution in [0.5, 0.6) is 11.5 Å². The van der Waals surface area contributed by atoms with Crippen LogP contribution >= 0.6 is 0 Å². The number of ether oxygens (including phenoxy) is 2. The first-order valence-corrected chi connectivity index (χ1v) is 7.55. The molecule has 122 valence electrons. The largest absolute Gasteiger partial charge is 0.490 e. The van der Waals surface area contributed by atoms with Crippen LogP contribution in [0.15, 0.2) is 48.5 Å². The van der Waals surface area contributed by atoms with Gasteiger partial charge in [0.05, 0.1) is 6.61 Å². The number of amides is 1. The second-order valence-corrected chi connectivity index (χ2v) is 4.95. The first-order valence-electron chi connectivity index (χ1n) is 7.55. The molecule has 0 aliphatic heterocycles. The molecule has 1 N–H and O–H groups in total. The number of benzene rings is 2. The Hall–Kier alpha value is -2.56. The van der Waals surface area contributed by atoms with Gasteiger partial charge in [0.1, 0.15) is 5.82 Å². The molecule has 2 aromatic rings. The molecule has 0 aliphatic carbocycles. The average molecular weight is 317 g/mol. The molecule has 0 atom stereocenters. The number of para-hydroxylation sites is 2. The third-order valence-corrected chi connectivity index (χ3v) is 3.10. The zero-order valence-corrected chi connectivity index (χ0v) is 13.0. The molecular formula is C18H20FNO3. The van der Waals surface area contributed by atoms with E-state index in [-0.39, 0.29) is 24.9 Å². The van der Waals surface area contributed by atoms with Crippen LogP contribution in [0.4, 0.5) is 4.39 Å². The van der Waals surface area contributed by atoms with Crippen LogP contribution in [0.3, 0.4) is 0 Å². The van der Waals surface area contributed by atoms with E-state index in [0.29, 0.717) is 23.7 Å². The Balaban J connectivity index is 1.84. The van der Waals surface area contributed by atoms with E-state index in [9.17, 15) is 9.18 Å². The van der Waals surface area contributed by atoms with Crippen molar-refractivity contribution < 1.29 is 18.7 Å². The number of nitrogens with one attached hydrogen (secondary N) is 1. The van der Waals surface area contributed by atoms with Gasteiger partial charge in [0.25, 0.3) is 5.91 Å². The molecule has 0 radical (unpaired) electrons. The smallest absolute Gasteiger partial charge is 0.258 e. The normalized spacial score (nSPS) is 10.2. The van der Waals surface area contributed by atoms with Crippen LogP contribution in [-0.4, -0.2) is 19.1 Å². The number of carbonyl (C=O) groups is 1. The molecule has 0 spiro atoms. The molecule has 2 rings (SSSR count). The topological polar surface area (TPSA) is 47.6 Å². The Morgan fingerprint density at radius 2 is 1.70 bits per heavy atom. The van der Waals surface area contributed by atoms with Crippen molar-refractivity contribution in [1.29, 1.82) is 0 Å². The first-order chi connectivity index (χ1) is 11.2. The van der Waals surface area contributed by atoms with Gasteiger partial charge in [-0.3, -0.25) is 4.79 Å². The lowest BCUT2D eigenvalue weighted by atomic mass is 10.2. The van der Waals surface area contributed by atoms with Gasteiger partial charge in [-0.05, 0) is 24.6 Å². The zero-order valence-electron chi connectivity index (χ0n) is 13.0. The Morgan fingerprint density at radius 1 is 1.04 bits per heavy atom. The highest BCUT2D eigenvalue weighted by atomic mass is 19.1. The van der Waals surface area contributed by atoms with Crippen LogP contribution in [-0.2, 0) is 11.3 Å². The Morgan fingerprint density at radius 3 is 2.39 bits per heavy atom. The van der Waals surface area contributed by atoms with Crippen LogP contribution in [0, 0.1) is 5.82 Å². The van der Waals surface area contributed by atoms with E-state index in [1.165, 1.54) is 6.07 Å². The summed E-state index contributed by atoms with van der Waals surface area (Å²) in [6.07, 6.45) is 0.886. The molecule has 0 aliphatic rings. The molecule has 0 bridgehead atoms. The van der Waals surface area contributed by atoms with Gasteiger partial charge in [-0.15, -0.1) is 0 Å². The van der Waals surface area contributed by atoms with Crippen molar-refractivity contribution in [3.8, 4) is 11.5 Å². The van der Waals surface area contributed by atoms with Crippen molar-refractivity contribution >= 4 is 5.91 Å². The summed E-state index contributed by atoms with van der Waals surface area (Å²) >= 11 is 0. The molecule has 4 nitrogen and oxygen atoms in total. The molecule has 0 heterocycles. The van der Waals surface area contributed by atoms with Crippen molar-refractivity contribution in [2.75, 3.05) is 13.2 Å². The van der Waals surface area contributed by atoms with Crippen molar-refractivity contribution in [1.82, 2.24) is 5.32 Å². The van der Waals surface area contributed by atoms with Crippen LogP contribution < -0.4 is 14.8 Å². The monoisotopic (exact) mass is 317 g/mol. The Kier molecular flexibility index (Phi) is 6.41. The summed E-state index contributed by atoms with van der Waals surface area (Å²) in [6, 6.07) is 13.5. The molecule has 0 fully saturated rings. The summed E-state index contributed by atoms with van der Waals surface area (Å²) in [5.74, 6) is 0.462. The molecule has 1 amide bonds. The Bertz CT molecular complexity index is 646. The number of rotatable bonds is 8. The van der Waals surface area contributed by atoms with E-state index in [1.807, 2.05) is 19.1 Å². The van der Waals surface area contributed by atoms with Crippen LogP contribution in [0.25, 0.3) is 0 Å². The van der Waals surface area contributed by atoms with Gasteiger partial charge < -0.3 is 14.8 Å². The SMILES string of the molecule is CCCOc1ccccc1OCC(=O)NCc1ccccc1F. The highest BCUT2D eigenvalue weighted by Gasteiger charge is 2.08. The van der Waals surface area contributed by atoms with E-state index in [2.05, 4.69) is 5.32 Å². The lowest BCUT2D eigenvalue weighted by Crippen LogP contribution is -2.28. The van der Waals surface area contributed by atoms with Crippen molar-refractivity contribution in [2.24, 2.45) is 0 Å². The van der Waals surface area contributed by atoms with Gasteiger partial charge in [0.15, 0.2) is 18.1 Å². The minimum Gasteiger partial charge on any atom is -0.490 e. The zero-order chi connectivity index (χ0) is 16.5. The van der Waals surface area contributed by atoms with Gasteiger partial charge in [0.2, 0.25) is 0 Å².